The van der Waals surface area contributed by atoms with Gasteiger partial charge in [-0.15, -0.1) is 0 Å². The molecule has 0 fully saturated rings. The number of unbranched alkanes of at least 4 members (excludes halogenated alkanes) is 1. The molecule has 0 aliphatic rings. The van der Waals surface area contributed by atoms with Crippen molar-refractivity contribution in [3.8, 4) is 0 Å². The topological polar surface area (TPSA) is 168 Å². The van der Waals surface area contributed by atoms with Crippen LogP contribution in [0, 0.1) is 0 Å². The molecule has 3 aromatic rings. The lowest BCUT2D eigenvalue weighted by molar-refractivity contribution is -0.135. The normalized spacial score (nSPS) is 10.7. The monoisotopic (exact) mass is 603 g/mol. The van der Waals surface area contributed by atoms with E-state index in [4.69, 9.17) is 4.74 Å². The number of esters is 1. The second-order valence-electron chi connectivity index (χ2n) is 10.4. The van der Waals surface area contributed by atoms with E-state index in [1.165, 1.54) is 34.9 Å². The molecule has 0 aliphatic heterocycles. The number of rotatable bonds is 14. The van der Waals surface area contributed by atoms with Crippen LogP contribution in [0.2, 0.25) is 0 Å². The lowest BCUT2D eigenvalue weighted by Gasteiger charge is -2.13. The number of methoxy groups -OCH3 is 1. The number of amides is 1. The number of nitrogens with one attached hydrogen (secondary N) is 1. The van der Waals surface area contributed by atoms with Gasteiger partial charge in [-0.25, -0.2) is 9.59 Å². The molecule has 0 bridgehead atoms. The number of anilines is 1. The van der Waals surface area contributed by atoms with Crippen LogP contribution in [-0.4, -0.2) is 43.1 Å². The Labute approximate surface area is 257 Å². The van der Waals surface area contributed by atoms with Gasteiger partial charge in [-0.2, -0.15) is 0 Å². The summed E-state index contributed by atoms with van der Waals surface area (Å²) >= 11 is 0. The molecule has 44 heavy (non-hydrogen) atoms. The van der Waals surface area contributed by atoms with Crippen molar-refractivity contribution < 1.29 is 33.4 Å². The number of nitrogens with two attached hydrogens (primary N) is 2. The quantitative estimate of drug-likeness (QED) is 0.0418. The summed E-state index contributed by atoms with van der Waals surface area (Å²) < 4.78 is 9.74. The Hall–Kier alpha value is -4.67. The van der Waals surface area contributed by atoms with Crippen molar-refractivity contribution >= 4 is 45.9 Å². The van der Waals surface area contributed by atoms with Crippen molar-refractivity contribution in [2.75, 3.05) is 19.0 Å². The van der Waals surface area contributed by atoms with Crippen molar-refractivity contribution in [1.29, 1.82) is 0 Å². The fourth-order valence-electron chi connectivity index (χ4n) is 4.65. The summed E-state index contributed by atoms with van der Waals surface area (Å²) in [7, 11) is 1.16. The number of hydrogen-bond donors (Lipinski definition) is 3. The molecule has 0 saturated heterocycles. The van der Waals surface area contributed by atoms with Crippen LogP contribution in [0.3, 0.4) is 0 Å². The number of carbonyl (C=O) groups excluding carboxylic acids is 5. The van der Waals surface area contributed by atoms with Crippen LogP contribution < -0.4 is 17.0 Å². The molecule has 0 spiro atoms. The van der Waals surface area contributed by atoms with Gasteiger partial charge in [-0.05, 0) is 84.2 Å². The fourth-order valence-corrected chi connectivity index (χ4v) is 4.65. The average Bonchev–Trinajstić information content (AvgIpc) is 3.02. The number of hydrogen-bond acceptors (Lipinski definition) is 9. The summed E-state index contributed by atoms with van der Waals surface area (Å²) in [5.74, 6) is 5.91. The third kappa shape index (κ3) is 10.9. The summed E-state index contributed by atoms with van der Waals surface area (Å²) in [6.45, 7) is 6.04. The van der Waals surface area contributed by atoms with Crippen LogP contribution in [0.4, 0.5) is 10.5 Å². The van der Waals surface area contributed by atoms with Gasteiger partial charge >= 0.3 is 12.1 Å². The van der Waals surface area contributed by atoms with Gasteiger partial charge in [0.25, 0.3) is 0 Å². The number of fused-ring (bicyclic) bond motifs is 1. The van der Waals surface area contributed by atoms with E-state index in [0.717, 1.165) is 32.1 Å². The molecule has 234 valence electrons. The van der Waals surface area contributed by atoms with E-state index < -0.39 is 23.6 Å². The smallest absolute Gasteiger partial charge is 0.411 e. The molecule has 3 rings (SSSR count). The first kappa shape index (κ1) is 35.5. The predicted molar refractivity (Wildman–Crippen MR) is 170 cm³/mol. The number of aryl methyl sites for hydroxylation is 2. The molecule has 0 aromatic heterocycles. The SMILES string of the molecule is COC(=O)/C=C/C(=O)C(=O)CCc1ccc(NC(=O)OCCCCc2cc(C(C)C)c3ccccc3c2)cc1C(C)=O.NN. The molecular weight excluding hydrogens is 562 g/mol. The number of hydrazine groups is 1. The summed E-state index contributed by atoms with van der Waals surface area (Å²) in [5, 5.41) is 5.16. The number of benzene rings is 3. The lowest BCUT2D eigenvalue weighted by Crippen LogP contribution is -2.16. The minimum Gasteiger partial charge on any atom is -0.466 e. The van der Waals surface area contributed by atoms with Gasteiger partial charge in [0.1, 0.15) is 0 Å². The molecule has 0 atom stereocenters. The van der Waals surface area contributed by atoms with Crippen LogP contribution in [0.5, 0.6) is 0 Å². The summed E-state index contributed by atoms with van der Waals surface area (Å²) in [4.78, 5) is 59.7. The second kappa shape index (κ2) is 18.1. The Morgan fingerprint density at radius 3 is 2.32 bits per heavy atom. The van der Waals surface area contributed by atoms with Crippen molar-refractivity contribution in [2.45, 2.75) is 58.8 Å². The van der Waals surface area contributed by atoms with E-state index in [0.29, 0.717) is 29.2 Å². The van der Waals surface area contributed by atoms with Crippen molar-refractivity contribution in [2.24, 2.45) is 11.7 Å². The Morgan fingerprint density at radius 2 is 1.64 bits per heavy atom. The van der Waals surface area contributed by atoms with Crippen molar-refractivity contribution in [3.63, 3.8) is 0 Å². The van der Waals surface area contributed by atoms with E-state index in [2.05, 4.69) is 65.9 Å². The number of allylic oxidation sites excluding steroid dienone is 1. The molecule has 0 aliphatic carbocycles. The standard InChI is InChI=1S/C34H37NO7.H4N2/c1-22(2)29-20-24(19-26-10-5-6-11-28(26)29)9-7-8-18-42-34(40)35-27-14-12-25(30(21-27)23(3)36)13-15-31(37)32(38)16-17-33(39)41-4;1-2/h5-6,10-12,14,16-17,19-22H,7-9,13,15,18H2,1-4H3,(H,35,40);1-2H2/b17-16+;. The molecular formula is C34H41N3O7. The van der Waals surface area contributed by atoms with Gasteiger partial charge in [-0.1, -0.05) is 56.3 Å². The van der Waals surface area contributed by atoms with E-state index in [1.807, 2.05) is 6.07 Å². The average molecular weight is 604 g/mol. The lowest BCUT2D eigenvalue weighted by atomic mass is 9.92. The molecule has 0 saturated carbocycles. The molecule has 5 N–H and O–H groups in total. The highest BCUT2D eigenvalue weighted by Gasteiger charge is 2.15. The maximum atomic E-state index is 12.4. The maximum absolute atomic E-state index is 12.4. The first-order chi connectivity index (χ1) is 21.1. The third-order valence-corrected chi connectivity index (χ3v) is 6.87. The van der Waals surface area contributed by atoms with Crippen LogP contribution in [-0.2, 0) is 36.7 Å². The van der Waals surface area contributed by atoms with E-state index in [-0.39, 0.29) is 25.2 Å². The van der Waals surface area contributed by atoms with E-state index in [1.54, 1.807) is 12.1 Å². The van der Waals surface area contributed by atoms with Crippen LogP contribution in [0.25, 0.3) is 10.8 Å². The number of carbonyl (C=O) groups is 5. The zero-order chi connectivity index (χ0) is 32.6. The van der Waals surface area contributed by atoms with Crippen molar-refractivity contribution in [1.82, 2.24) is 0 Å². The fraction of sp³-hybridized carbons (Fsp3) is 0.324. The predicted octanol–water partition coefficient (Wildman–Crippen LogP) is 5.36. The van der Waals surface area contributed by atoms with Gasteiger partial charge in [0, 0.05) is 23.7 Å². The van der Waals surface area contributed by atoms with Crippen LogP contribution >= 0.6 is 0 Å². The Kier molecular flexibility index (Phi) is 14.6. The first-order valence-corrected chi connectivity index (χ1v) is 14.3. The van der Waals surface area contributed by atoms with E-state index >= 15 is 0 Å². The highest BCUT2D eigenvalue weighted by molar-refractivity contribution is 6.42. The zero-order valence-corrected chi connectivity index (χ0v) is 25.7. The Morgan fingerprint density at radius 1 is 0.909 bits per heavy atom. The maximum Gasteiger partial charge on any atom is 0.411 e. The Balaban J connectivity index is 0.00000330. The van der Waals surface area contributed by atoms with Gasteiger partial charge in [0.2, 0.25) is 11.6 Å². The number of ether oxygens (including phenoxy) is 2. The van der Waals surface area contributed by atoms with Crippen LogP contribution in [0.15, 0.2) is 66.7 Å². The van der Waals surface area contributed by atoms with Gasteiger partial charge in [-0.3, -0.25) is 31.4 Å². The molecule has 0 heterocycles. The summed E-state index contributed by atoms with van der Waals surface area (Å²) in [6, 6.07) is 17.7. The number of Topliss-reactive ketones (excluding diaryl/α,β-unsaturated/α-hetero) is 2. The van der Waals surface area contributed by atoms with Crippen LogP contribution in [0.1, 0.15) is 73.0 Å². The molecule has 0 unspecified atom stereocenters. The molecule has 10 heteroatoms. The number of ketones is 3. The largest absolute Gasteiger partial charge is 0.466 e. The van der Waals surface area contributed by atoms with Crippen molar-refractivity contribution in [3.05, 3.63) is 89.0 Å². The van der Waals surface area contributed by atoms with Gasteiger partial charge in [0.05, 0.1) is 13.7 Å². The zero-order valence-electron chi connectivity index (χ0n) is 25.7. The Bertz CT molecular complexity index is 1510. The molecule has 0 radical (unpaired) electrons. The molecule has 1 amide bonds. The first-order valence-electron chi connectivity index (χ1n) is 14.3. The minimum absolute atomic E-state index is 0.141. The highest BCUT2D eigenvalue weighted by atomic mass is 16.5. The van der Waals surface area contributed by atoms with Gasteiger partial charge in [0.15, 0.2) is 5.78 Å². The third-order valence-electron chi connectivity index (χ3n) is 6.87. The summed E-state index contributed by atoms with van der Waals surface area (Å²) in [6.07, 6.45) is 3.59. The van der Waals surface area contributed by atoms with E-state index in [9.17, 15) is 24.0 Å². The summed E-state index contributed by atoms with van der Waals surface area (Å²) in [5.41, 5.74) is 3.88. The second-order valence-corrected chi connectivity index (χ2v) is 10.4. The highest BCUT2D eigenvalue weighted by Crippen LogP contribution is 2.28. The minimum atomic E-state index is -0.830. The molecule has 3 aromatic carbocycles. The molecule has 10 nitrogen and oxygen atoms in total. The van der Waals surface area contributed by atoms with Gasteiger partial charge < -0.3 is 9.47 Å².